The summed E-state index contributed by atoms with van der Waals surface area (Å²) in [6.07, 6.45) is -0.336. The van der Waals surface area contributed by atoms with Crippen LogP contribution in [0.1, 0.15) is 24.4 Å². The minimum Gasteiger partial charge on any atom is -0.495 e. The van der Waals surface area contributed by atoms with E-state index in [-0.39, 0.29) is 17.8 Å². The van der Waals surface area contributed by atoms with E-state index >= 15 is 0 Å². The highest BCUT2D eigenvalue weighted by Gasteiger charge is 2.18. The Morgan fingerprint density at radius 1 is 1.23 bits per heavy atom. The van der Waals surface area contributed by atoms with Crippen molar-refractivity contribution in [1.82, 2.24) is 14.8 Å². The number of carbonyl (C=O) groups excluding carboxylic acids is 1. The van der Waals surface area contributed by atoms with Crippen molar-refractivity contribution >= 4 is 46.6 Å². The van der Waals surface area contributed by atoms with E-state index < -0.39 is 0 Å². The topological polar surface area (TPSA) is 78.3 Å². The normalized spacial score (nSPS) is 11.8. The van der Waals surface area contributed by atoms with Crippen molar-refractivity contribution in [2.45, 2.75) is 25.1 Å². The van der Waals surface area contributed by atoms with Gasteiger partial charge in [0.15, 0.2) is 17.1 Å². The Morgan fingerprint density at radius 2 is 2.00 bits per heavy atom. The number of rotatable bonds is 8. The SMILES string of the molecule is COc1ccc(Cl)cc1NC(=O)CSc1nnc(C(C)Oc2ccc(Cl)c(C)c2)n1C. The van der Waals surface area contributed by atoms with Crippen molar-refractivity contribution in [1.29, 1.82) is 0 Å². The minimum atomic E-state index is -0.336. The van der Waals surface area contributed by atoms with Crippen LogP contribution < -0.4 is 14.8 Å². The van der Waals surface area contributed by atoms with Gasteiger partial charge in [0.25, 0.3) is 0 Å². The first kappa shape index (κ1) is 23.2. The van der Waals surface area contributed by atoms with Crippen molar-refractivity contribution < 1.29 is 14.3 Å². The molecular formula is C21H22Cl2N4O3S. The molecule has 1 N–H and O–H groups in total. The van der Waals surface area contributed by atoms with Gasteiger partial charge < -0.3 is 19.4 Å². The van der Waals surface area contributed by atoms with Crippen molar-refractivity contribution in [3.63, 3.8) is 0 Å². The van der Waals surface area contributed by atoms with Crippen LogP contribution in [0.15, 0.2) is 41.6 Å². The molecule has 1 amide bonds. The summed E-state index contributed by atoms with van der Waals surface area (Å²) >= 11 is 13.3. The number of halogens is 2. The number of benzene rings is 2. The molecule has 0 spiro atoms. The third kappa shape index (κ3) is 5.84. The van der Waals surface area contributed by atoms with Crippen LogP contribution in [0.25, 0.3) is 0 Å². The number of thioether (sulfide) groups is 1. The van der Waals surface area contributed by atoms with E-state index in [0.717, 1.165) is 5.56 Å². The van der Waals surface area contributed by atoms with Crippen LogP contribution in [0.4, 0.5) is 5.69 Å². The molecule has 0 bridgehead atoms. The number of ether oxygens (including phenoxy) is 2. The van der Waals surface area contributed by atoms with Crippen LogP contribution in [0.2, 0.25) is 10.0 Å². The van der Waals surface area contributed by atoms with Gasteiger partial charge >= 0.3 is 0 Å². The Morgan fingerprint density at radius 3 is 2.71 bits per heavy atom. The number of methoxy groups -OCH3 is 1. The number of anilines is 1. The molecule has 0 saturated heterocycles. The molecule has 7 nitrogen and oxygen atoms in total. The quantitative estimate of drug-likeness (QED) is 0.440. The van der Waals surface area contributed by atoms with Gasteiger partial charge in [0.1, 0.15) is 11.5 Å². The molecule has 1 atom stereocenters. The predicted octanol–water partition coefficient (Wildman–Crippen LogP) is 5.31. The summed E-state index contributed by atoms with van der Waals surface area (Å²) in [4.78, 5) is 12.4. The second-order valence-corrected chi connectivity index (χ2v) is 8.54. The largest absolute Gasteiger partial charge is 0.495 e. The summed E-state index contributed by atoms with van der Waals surface area (Å²) in [5.41, 5.74) is 1.45. The van der Waals surface area contributed by atoms with E-state index in [9.17, 15) is 4.79 Å². The number of carbonyl (C=O) groups is 1. The Balaban J connectivity index is 1.61. The molecule has 2 aromatic carbocycles. The fraction of sp³-hybridized carbons (Fsp3) is 0.286. The van der Waals surface area contributed by atoms with Gasteiger partial charge in [-0.15, -0.1) is 10.2 Å². The molecule has 164 valence electrons. The van der Waals surface area contributed by atoms with Crippen LogP contribution >= 0.6 is 35.0 Å². The monoisotopic (exact) mass is 480 g/mol. The summed E-state index contributed by atoms with van der Waals surface area (Å²) in [6.45, 7) is 3.81. The molecule has 0 aliphatic carbocycles. The number of amides is 1. The summed E-state index contributed by atoms with van der Waals surface area (Å²) < 4.78 is 13.0. The highest BCUT2D eigenvalue weighted by atomic mass is 35.5. The average molecular weight is 481 g/mol. The first-order valence-corrected chi connectivity index (χ1v) is 11.1. The van der Waals surface area contributed by atoms with E-state index in [1.54, 1.807) is 24.3 Å². The maximum absolute atomic E-state index is 12.4. The Bertz CT molecular complexity index is 1090. The van der Waals surface area contributed by atoms with Gasteiger partial charge in [0, 0.05) is 17.1 Å². The molecule has 0 saturated carbocycles. The molecule has 0 aliphatic heterocycles. The number of aromatic nitrogens is 3. The van der Waals surface area contributed by atoms with E-state index in [2.05, 4.69) is 15.5 Å². The van der Waals surface area contributed by atoms with E-state index in [1.165, 1.54) is 18.9 Å². The van der Waals surface area contributed by atoms with Gasteiger partial charge in [-0.25, -0.2) is 0 Å². The van der Waals surface area contributed by atoms with Crippen LogP contribution in [0.5, 0.6) is 11.5 Å². The highest BCUT2D eigenvalue weighted by Crippen LogP contribution is 2.29. The summed E-state index contributed by atoms with van der Waals surface area (Å²) in [5.74, 6) is 1.81. The minimum absolute atomic E-state index is 0.146. The first-order chi connectivity index (χ1) is 14.8. The zero-order chi connectivity index (χ0) is 22.5. The highest BCUT2D eigenvalue weighted by molar-refractivity contribution is 7.99. The van der Waals surface area contributed by atoms with Crippen molar-refractivity contribution in [2.24, 2.45) is 7.05 Å². The van der Waals surface area contributed by atoms with E-state index in [1.807, 2.05) is 37.6 Å². The van der Waals surface area contributed by atoms with Crippen LogP contribution in [-0.2, 0) is 11.8 Å². The van der Waals surface area contributed by atoms with Gasteiger partial charge in [-0.3, -0.25) is 4.79 Å². The standard InChI is InChI=1S/C21H22Cl2N4O3S/c1-12-9-15(6-7-16(12)23)30-13(2)20-25-26-21(27(20)3)31-11-19(28)24-17-10-14(22)5-8-18(17)29-4/h5-10,13H,11H2,1-4H3,(H,24,28). The molecule has 0 radical (unpaired) electrons. The Hall–Kier alpha value is -2.42. The van der Waals surface area contributed by atoms with Crippen molar-refractivity contribution in [3.05, 3.63) is 57.8 Å². The fourth-order valence-corrected chi connectivity index (χ4v) is 3.86. The lowest BCUT2D eigenvalue weighted by Gasteiger charge is -2.15. The van der Waals surface area contributed by atoms with Gasteiger partial charge in [-0.05, 0) is 55.8 Å². The molecule has 1 aromatic heterocycles. The predicted molar refractivity (Wildman–Crippen MR) is 124 cm³/mol. The molecule has 3 aromatic rings. The smallest absolute Gasteiger partial charge is 0.234 e. The van der Waals surface area contributed by atoms with E-state index in [0.29, 0.717) is 38.2 Å². The third-order valence-electron chi connectivity index (χ3n) is 4.44. The zero-order valence-electron chi connectivity index (χ0n) is 17.5. The molecule has 10 heteroatoms. The maximum atomic E-state index is 12.4. The summed E-state index contributed by atoms with van der Waals surface area (Å²) in [5, 5.41) is 13.0. The first-order valence-electron chi connectivity index (χ1n) is 9.36. The number of nitrogens with one attached hydrogen (secondary N) is 1. The second kappa shape index (κ2) is 10.3. The fourth-order valence-electron chi connectivity index (χ4n) is 2.85. The number of nitrogens with zero attached hydrogens (tertiary/aromatic N) is 3. The van der Waals surface area contributed by atoms with Gasteiger partial charge in [-0.2, -0.15) is 0 Å². The molecule has 31 heavy (non-hydrogen) atoms. The second-order valence-electron chi connectivity index (χ2n) is 6.75. The van der Waals surface area contributed by atoms with Crippen LogP contribution in [0.3, 0.4) is 0 Å². The van der Waals surface area contributed by atoms with Crippen LogP contribution in [-0.4, -0.2) is 33.5 Å². The van der Waals surface area contributed by atoms with E-state index in [4.69, 9.17) is 32.7 Å². The lowest BCUT2D eigenvalue weighted by atomic mass is 10.2. The zero-order valence-corrected chi connectivity index (χ0v) is 19.8. The average Bonchev–Trinajstić information content (AvgIpc) is 3.10. The number of hydrogen-bond donors (Lipinski definition) is 1. The Labute approximate surface area is 195 Å². The molecular weight excluding hydrogens is 459 g/mol. The van der Waals surface area contributed by atoms with Gasteiger partial charge in [0.05, 0.1) is 18.6 Å². The van der Waals surface area contributed by atoms with Gasteiger partial charge in [-0.1, -0.05) is 35.0 Å². The lowest BCUT2D eigenvalue weighted by molar-refractivity contribution is -0.113. The van der Waals surface area contributed by atoms with Gasteiger partial charge in [0.2, 0.25) is 5.91 Å². The molecule has 0 fully saturated rings. The molecule has 0 aliphatic rings. The molecule has 1 heterocycles. The number of aryl methyl sites for hydroxylation is 1. The summed E-state index contributed by atoms with van der Waals surface area (Å²) in [6, 6.07) is 10.5. The van der Waals surface area contributed by atoms with Crippen molar-refractivity contribution in [2.75, 3.05) is 18.2 Å². The molecule has 3 rings (SSSR count). The Kier molecular flexibility index (Phi) is 7.69. The maximum Gasteiger partial charge on any atom is 0.234 e. The third-order valence-corrected chi connectivity index (χ3v) is 6.12. The van der Waals surface area contributed by atoms with Crippen LogP contribution in [0, 0.1) is 6.92 Å². The lowest BCUT2D eigenvalue weighted by Crippen LogP contribution is -2.15. The molecule has 1 unspecified atom stereocenters. The van der Waals surface area contributed by atoms with Crippen molar-refractivity contribution in [3.8, 4) is 11.5 Å². The number of hydrogen-bond acceptors (Lipinski definition) is 6. The summed E-state index contributed by atoms with van der Waals surface area (Å²) in [7, 11) is 3.37.